The molecule has 0 bridgehead atoms. The minimum Gasteiger partial charge on any atom is -0.381 e. The fraction of sp³-hybridized carbons (Fsp3) is 0.846. The monoisotopic (exact) mass is 225 g/mol. The predicted octanol–water partition coefficient (Wildman–Crippen LogP) is 1.70. The molecule has 1 heterocycles. The van der Waals surface area contributed by atoms with Gasteiger partial charge in [0.05, 0.1) is 0 Å². The summed E-state index contributed by atoms with van der Waals surface area (Å²) in [6, 6.07) is 0.208. The van der Waals surface area contributed by atoms with E-state index in [1.165, 1.54) is 25.1 Å². The maximum absolute atomic E-state index is 5.92. The third kappa shape index (κ3) is 3.49. The van der Waals surface area contributed by atoms with Crippen molar-refractivity contribution in [2.45, 2.75) is 51.6 Å². The first-order valence-electron chi connectivity index (χ1n) is 6.56. The van der Waals surface area contributed by atoms with Gasteiger partial charge < -0.3 is 11.1 Å². The van der Waals surface area contributed by atoms with Gasteiger partial charge in [0.25, 0.3) is 0 Å². The summed E-state index contributed by atoms with van der Waals surface area (Å²) < 4.78 is 0. The van der Waals surface area contributed by atoms with Crippen LogP contribution in [0.3, 0.4) is 0 Å². The zero-order chi connectivity index (χ0) is 12.2. The van der Waals surface area contributed by atoms with Crippen LogP contribution >= 0.6 is 0 Å². The van der Waals surface area contributed by atoms with Gasteiger partial charge in [-0.2, -0.15) is 0 Å². The molecule has 3 N–H and O–H groups in total. The highest BCUT2D eigenvalue weighted by Gasteiger charge is 2.46. The van der Waals surface area contributed by atoms with E-state index in [9.17, 15) is 0 Å². The summed E-state index contributed by atoms with van der Waals surface area (Å²) in [4.78, 5) is 2.39. The van der Waals surface area contributed by atoms with Gasteiger partial charge in [0, 0.05) is 30.4 Å². The molecule has 1 atom stereocenters. The van der Waals surface area contributed by atoms with Crippen molar-refractivity contribution >= 4 is 0 Å². The SMILES string of the molecule is CC.CCC(N)/C=C1/CN(C)CC2(CC2)N1. The van der Waals surface area contributed by atoms with Crippen molar-refractivity contribution in [2.24, 2.45) is 5.73 Å². The Kier molecular flexibility index (Phi) is 4.81. The van der Waals surface area contributed by atoms with Gasteiger partial charge in [-0.15, -0.1) is 0 Å². The van der Waals surface area contributed by atoms with Crippen molar-refractivity contribution in [1.82, 2.24) is 10.2 Å². The molecular formula is C13H27N3. The number of hydrogen-bond donors (Lipinski definition) is 2. The van der Waals surface area contributed by atoms with Crippen molar-refractivity contribution in [3.05, 3.63) is 11.8 Å². The van der Waals surface area contributed by atoms with Crippen LogP contribution in [0.5, 0.6) is 0 Å². The Morgan fingerprint density at radius 3 is 2.62 bits per heavy atom. The Morgan fingerprint density at radius 1 is 1.50 bits per heavy atom. The van der Waals surface area contributed by atoms with E-state index in [1.54, 1.807) is 0 Å². The van der Waals surface area contributed by atoms with Crippen LogP contribution in [-0.2, 0) is 0 Å². The number of likely N-dealkylation sites (N-methyl/N-ethyl adjacent to an activating group) is 1. The van der Waals surface area contributed by atoms with E-state index in [4.69, 9.17) is 5.73 Å². The summed E-state index contributed by atoms with van der Waals surface area (Å²) >= 11 is 0. The first kappa shape index (κ1) is 13.5. The molecule has 1 aliphatic carbocycles. The second kappa shape index (κ2) is 5.69. The predicted molar refractivity (Wildman–Crippen MR) is 70.3 cm³/mol. The average Bonchev–Trinajstić information content (AvgIpc) is 2.98. The van der Waals surface area contributed by atoms with E-state index in [1.807, 2.05) is 13.8 Å². The number of piperazine rings is 1. The molecule has 1 saturated heterocycles. The molecule has 0 radical (unpaired) electrons. The molecule has 3 heteroatoms. The van der Waals surface area contributed by atoms with E-state index >= 15 is 0 Å². The zero-order valence-corrected chi connectivity index (χ0v) is 11.2. The molecule has 1 spiro atoms. The summed E-state index contributed by atoms with van der Waals surface area (Å²) in [6.07, 6.45) is 5.84. The molecule has 1 saturated carbocycles. The van der Waals surface area contributed by atoms with Crippen LogP contribution < -0.4 is 11.1 Å². The molecule has 16 heavy (non-hydrogen) atoms. The van der Waals surface area contributed by atoms with Crippen LogP contribution in [0.1, 0.15) is 40.0 Å². The number of nitrogens with two attached hydrogens (primary N) is 1. The normalized spacial score (nSPS) is 26.9. The Bertz CT molecular complexity index is 244. The summed E-state index contributed by atoms with van der Waals surface area (Å²) in [6.45, 7) is 8.34. The molecule has 1 unspecified atom stereocenters. The fourth-order valence-electron chi connectivity index (χ4n) is 2.19. The Balaban J connectivity index is 0.000000606. The highest BCUT2D eigenvalue weighted by molar-refractivity contribution is 5.19. The molecule has 2 fully saturated rings. The maximum atomic E-state index is 5.92. The minimum absolute atomic E-state index is 0.208. The van der Waals surface area contributed by atoms with Gasteiger partial charge in [-0.1, -0.05) is 20.8 Å². The Labute approximate surface area is 100 Å². The van der Waals surface area contributed by atoms with Crippen LogP contribution in [0, 0.1) is 0 Å². The molecule has 3 nitrogen and oxygen atoms in total. The highest BCUT2D eigenvalue weighted by atomic mass is 15.2. The summed E-state index contributed by atoms with van der Waals surface area (Å²) in [7, 11) is 2.19. The molecule has 0 aromatic heterocycles. The minimum atomic E-state index is 0.208. The van der Waals surface area contributed by atoms with Crippen LogP contribution in [0.15, 0.2) is 11.8 Å². The highest BCUT2D eigenvalue weighted by Crippen LogP contribution is 2.38. The van der Waals surface area contributed by atoms with Gasteiger partial charge in [-0.3, -0.25) is 4.90 Å². The van der Waals surface area contributed by atoms with Gasteiger partial charge in [0.2, 0.25) is 0 Å². The Morgan fingerprint density at radius 2 is 2.12 bits per heavy atom. The quantitative estimate of drug-likeness (QED) is 0.751. The van der Waals surface area contributed by atoms with Gasteiger partial charge in [0.15, 0.2) is 0 Å². The molecular weight excluding hydrogens is 198 g/mol. The van der Waals surface area contributed by atoms with E-state index in [2.05, 4.69) is 30.3 Å². The lowest BCUT2D eigenvalue weighted by Gasteiger charge is -2.34. The van der Waals surface area contributed by atoms with Crippen LogP contribution in [0.4, 0.5) is 0 Å². The van der Waals surface area contributed by atoms with Gasteiger partial charge >= 0.3 is 0 Å². The van der Waals surface area contributed by atoms with Crippen molar-refractivity contribution in [1.29, 1.82) is 0 Å². The number of rotatable bonds is 2. The van der Waals surface area contributed by atoms with Crippen molar-refractivity contribution < 1.29 is 0 Å². The summed E-state index contributed by atoms with van der Waals surface area (Å²) in [5.41, 5.74) is 7.66. The smallest absolute Gasteiger partial charge is 0.0499 e. The number of hydrogen-bond acceptors (Lipinski definition) is 3. The molecule has 0 aromatic carbocycles. The number of nitrogens with zero attached hydrogens (tertiary/aromatic N) is 1. The van der Waals surface area contributed by atoms with Crippen LogP contribution in [-0.4, -0.2) is 36.6 Å². The molecule has 2 aliphatic rings. The van der Waals surface area contributed by atoms with Gasteiger partial charge in [-0.25, -0.2) is 0 Å². The van der Waals surface area contributed by atoms with E-state index in [-0.39, 0.29) is 6.04 Å². The van der Waals surface area contributed by atoms with E-state index in [0.29, 0.717) is 5.54 Å². The number of nitrogens with one attached hydrogen (secondary N) is 1. The largest absolute Gasteiger partial charge is 0.381 e. The first-order chi connectivity index (χ1) is 7.63. The lowest BCUT2D eigenvalue weighted by atomic mass is 10.1. The van der Waals surface area contributed by atoms with Crippen LogP contribution in [0.25, 0.3) is 0 Å². The van der Waals surface area contributed by atoms with Crippen molar-refractivity contribution in [3.63, 3.8) is 0 Å². The summed E-state index contributed by atoms with van der Waals surface area (Å²) in [5.74, 6) is 0. The van der Waals surface area contributed by atoms with Crippen LogP contribution in [0.2, 0.25) is 0 Å². The lowest BCUT2D eigenvalue weighted by molar-refractivity contribution is 0.257. The second-order valence-corrected chi connectivity index (χ2v) is 4.84. The zero-order valence-electron chi connectivity index (χ0n) is 11.2. The third-order valence-electron chi connectivity index (χ3n) is 3.18. The molecule has 2 rings (SSSR count). The molecule has 0 amide bonds. The lowest BCUT2D eigenvalue weighted by Crippen LogP contribution is -2.49. The standard InChI is InChI=1S/C11H21N3.C2H6/c1-3-9(12)6-10-7-14(2)8-11(13-10)4-5-11;1-2/h6,9,13H,3-5,7-8,12H2,1-2H3;1-2H3/b10-6-;. The summed E-state index contributed by atoms with van der Waals surface area (Å²) in [5, 5.41) is 3.64. The molecule has 0 aromatic rings. The first-order valence-corrected chi connectivity index (χ1v) is 6.56. The van der Waals surface area contributed by atoms with Crippen molar-refractivity contribution in [2.75, 3.05) is 20.1 Å². The second-order valence-electron chi connectivity index (χ2n) is 4.84. The Hall–Kier alpha value is -0.540. The van der Waals surface area contributed by atoms with Crippen molar-refractivity contribution in [3.8, 4) is 0 Å². The van der Waals surface area contributed by atoms with Gasteiger partial charge in [-0.05, 0) is 32.4 Å². The van der Waals surface area contributed by atoms with E-state index in [0.717, 1.165) is 13.0 Å². The third-order valence-corrected chi connectivity index (χ3v) is 3.18. The van der Waals surface area contributed by atoms with Gasteiger partial charge in [0.1, 0.15) is 0 Å². The average molecular weight is 225 g/mol. The van der Waals surface area contributed by atoms with E-state index < -0.39 is 0 Å². The molecule has 1 aliphatic heterocycles. The topological polar surface area (TPSA) is 41.3 Å². The maximum Gasteiger partial charge on any atom is 0.0499 e. The fourth-order valence-corrected chi connectivity index (χ4v) is 2.19. The molecule has 94 valence electrons.